The smallest absolute Gasteiger partial charge is 0.325 e. The molecule has 0 radical (unpaired) electrons. The van der Waals surface area contributed by atoms with Gasteiger partial charge in [-0.25, -0.2) is 0 Å². The van der Waals surface area contributed by atoms with Crippen LogP contribution in [0.2, 0.25) is 5.02 Å². The summed E-state index contributed by atoms with van der Waals surface area (Å²) in [5, 5.41) is 9.70. The number of esters is 1. The molecular formula is C14H11ClN2O3. The zero-order chi connectivity index (χ0) is 14.7. The van der Waals surface area contributed by atoms with E-state index < -0.39 is 11.4 Å². The quantitative estimate of drug-likeness (QED) is 0.812. The van der Waals surface area contributed by atoms with E-state index in [1.807, 2.05) is 6.07 Å². The third kappa shape index (κ3) is 2.65. The van der Waals surface area contributed by atoms with Gasteiger partial charge in [-0.1, -0.05) is 11.6 Å². The Labute approximate surface area is 119 Å². The fourth-order valence-electron chi connectivity index (χ4n) is 1.93. The Morgan fingerprint density at radius 2 is 2.25 bits per heavy atom. The van der Waals surface area contributed by atoms with Gasteiger partial charge in [0.05, 0.1) is 12.1 Å². The summed E-state index contributed by atoms with van der Waals surface area (Å²) in [5.74, 6) is -0.434. The second-order valence-electron chi connectivity index (χ2n) is 4.08. The molecule has 5 nitrogen and oxygen atoms in total. The number of hydrogen-bond acceptors (Lipinski definition) is 4. The Morgan fingerprint density at radius 3 is 2.90 bits per heavy atom. The minimum absolute atomic E-state index is 0.0379. The minimum atomic E-state index is -0.434. The van der Waals surface area contributed by atoms with Crippen LogP contribution in [0.5, 0.6) is 0 Å². The predicted molar refractivity (Wildman–Crippen MR) is 74.6 cm³/mol. The number of aromatic nitrogens is 1. The van der Waals surface area contributed by atoms with Crippen LogP contribution in [0, 0.1) is 11.3 Å². The van der Waals surface area contributed by atoms with Crippen LogP contribution in [-0.2, 0) is 16.1 Å². The molecule has 1 aromatic carbocycles. The van der Waals surface area contributed by atoms with E-state index in [0.717, 1.165) is 0 Å². The largest absolute Gasteiger partial charge is 0.465 e. The number of benzene rings is 1. The number of ether oxygens (including phenoxy) is 1. The molecule has 0 amide bonds. The van der Waals surface area contributed by atoms with Crippen molar-refractivity contribution in [2.75, 3.05) is 6.61 Å². The van der Waals surface area contributed by atoms with Crippen molar-refractivity contribution in [1.82, 2.24) is 4.57 Å². The van der Waals surface area contributed by atoms with Crippen LogP contribution < -0.4 is 5.43 Å². The number of carbonyl (C=O) groups is 1. The minimum Gasteiger partial charge on any atom is -0.465 e. The summed E-state index contributed by atoms with van der Waals surface area (Å²) in [6.45, 7) is 1.91. The summed E-state index contributed by atoms with van der Waals surface area (Å²) in [6, 6.07) is 6.57. The summed E-state index contributed by atoms with van der Waals surface area (Å²) in [7, 11) is 0. The van der Waals surface area contributed by atoms with Gasteiger partial charge in [0.1, 0.15) is 18.2 Å². The van der Waals surface area contributed by atoms with Crippen molar-refractivity contribution in [3.05, 3.63) is 45.2 Å². The molecule has 20 heavy (non-hydrogen) atoms. The molecule has 0 N–H and O–H groups in total. The summed E-state index contributed by atoms with van der Waals surface area (Å²) < 4.78 is 6.39. The maximum atomic E-state index is 12.1. The van der Waals surface area contributed by atoms with Crippen LogP contribution in [0.3, 0.4) is 0 Å². The summed E-state index contributed by atoms with van der Waals surface area (Å²) in [5.41, 5.74) is 0.0978. The predicted octanol–water partition coefficient (Wildman–Crippen LogP) is 2.09. The molecule has 2 aromatic rings. The number of rotatable bonds is 3. The highest BCUT2D eigenvalue weighted by atomic mass is 35.5. The van der Waals surface area contributed by atoms with Crippen LogP contribution in [-0.4, -0.2) is 17.1 Å². The van der Waals surface area contributed by atoms with Crippen molar-refractivity contribution in [1.29, 1.82) is 5.26 Å². The molecule has 0 aliphatic rings. The van der Waals surface area contributed by atoms with E-state index in [2.05, 4.69) is 0 Å². The standard InChI is InChI=1S/C14H11ClN2O3/c1-2-20-13(18)8-17-7-9(6-16)14(19)11-5-10(15)3-4-12(11)17/h3-5,7H,2,8H2,1H3. The first-order chi connectivity index (χ1) is 9.56. The number of nitrogens with zero attached hydrogens (tertiary/aromatic N) is 2. The molecule has 0 saturated heterocycles. The molecule has 0 atom stereocenters. The zero-order valence-corrected chi connectivity index (χ0v) is 11.5. The molecule has 1 aromatic heterocycles. The lowest BCUT2D eigenvalue weighted by atomic mass is 10.1. The average molecular weight is 291 g/mol. The van der Waals surface area contributed by atoms with Crippen molar-refractivity contribution >= 4 is 28.5 Å². The lowest BCUT2D eigenvalue weighted by molar-refractivity contribution is -0.143. The number of hydrogen-bond donors (Lipinski definition) is 0. The van der Waals surface area contributed by atoms with E-state index in [1.54, 1.807) is 19.1 Å². The maximum Gasteiger partial charge on any atom is 0.325 e. The van der Waals surface area contributed by atoms with Gasteiger partial charge in [-0.05, 0) is 25.1 Å². The van der Waals surface area contributed by atoms with Gasteiger partial charge in [0.15, 0.2) is 0 Å². The first kappa shape index (κ1) is 14.1. The van der Waals surface area contributed by atoms with Gasteiger partial charge in [-0.15, -0.1) is 0 Å². The van der Waals surface area contributed by atoms with Crippen LogP contribution in [0.4, 0.5) is 0 Å². The molecule has 0 saturated carbocycles. The molecule has 0 fully saturated rings. The Bertz CT molecular complexity index is 774. The lowest BCUT2D eigenvalue weighted by Crippen LogP contribution is -2.18. The van der Waals surface area contributed by atoms with E-state index in [0.29, 0.717) is 15.9 Å². The molecule has 6 heteroatoms. The van der Waals surface area contributed by atoms with Crippen LogP contribution in [0.1, 0.15) is 12.5 Å². The normalized spacial score (nSPS) is 10.2. The van der Waals surface area contributed by atoms with E-state index in [4.69, 9.17) is 21.6 Å². The fraction of sp³-hybridized carbons (Fsp3) is 0.214. The summed E-state index contributed by atoms with van der Waals surface area (Å²) in [6.07, 6.45) is 1.36. The molecule has 0 unspecified atom stereocenters. The van der Waals surface area contributed by atoms with Gasteiger partial charge in [0, 0.05) is 16.6 Å². The van der Waals surface area contributed by atoms with Crippen LogP contribution in [0.25, 0.3) is 10.9 Å². The molecule has 0 bridgehead atoms. The van der Waals surface area contributed by atoms with Gasteiger partial charge in [0.25, 0.3) is 0 Å². The van der Waals surface area contributed by atoms with Crippen molar-refractivity contribution in [3.63, 3.8) is 0 Å². The van der Waals surface area contributed by atoms with Gasteiger partial charge in [-0.3, -0.25) is 9.59 Å². The van der Waals surface area contributed by atoms with E-state index in [9.17, 15) is 9.59 Å². The van der Waals surface area contributed by atoms with E-state index in [1.165, 1.54) is 16.8 Å². The first-order valence-electron chi connectivity index (χ1n) is 5.95. The highest BCUT2D eigenvalue weighted by molar-refractivity contribution is 6.31. The second kappa shape index (κ2) is 5.76. The van der Waals surface area contributed by atoms with Crippen molar-refractivity contribution in [2.45, 2.75) is 13.5 Å². The van der Waals surface area contributed by atoms with E-state index >= 15 is 0 Å². The zero-order valence-electron chi connectivity index (χ0n) is 10.7. The fourth-order valence-corrected chi connectivity index (χ4v) is 2.10. The maximum absolute atomic E-state index is 12.1. The van der Waals surface area contributed by atoms with Gasteiger partial charge < -0.3 is 9.30 Å². The third-order valence-electron chi connectivity index (χ3n) is 2.77. The van der Waals surface area contributed by atoms with Crippen molar-refractivity contribution < 1.29 is 9.53 Å². The summed E-state index contributed by atoms with van der Waals surface area (Å²) >= 11 is 5.87. The molecule has 2 rings (SSSR count). The Hall–Kier alpha value is -2.32. The van der Waals surface area contributed by atoms with Crippen molar-refractivity contribution in [2.24, 2.45) is 0 Å². The van der Waals surface area contributed by atoms with Crippen LogP contribution >= 0.6 is 11.6 Å². The summed E-state index contributed by atoms with van der Waals surface area (Å²) in [4.78, 5) is 23.6. The van der Waals surface area contributed by atoms with Gasteiger partial charge in [-0.2, -0.15) is 5.26 Å². The third-order valence-corrected chi connectivity index (χ3v) is 3.00. The number of carbonyl (C=O) groups excluding carboxylic acids is 1. The number of pyridine rings is 1. The highest BCUT2D eigenvalue weighted by Gasteiger charge is 2.12. The molecule has 0 aliphatic heterocycles. The number of halogens is 1. The van der Waals surface area contributed by atoms with E-state index in [-0.39, 0.29) is 18.7 Å². The SMILES string of the molecule is CCOC(=O)Cn1cc(C#N)c(=O)c2cc(Cl)ccc21. The van der Waals surface area contributed by atoms with Crippen molar-refractivity contribution in [3.8, 4) is 6.07 Å². The number of nitriles is 1. The first-order valence-corrected chi connectivity index (χ1v) is 6.33. The molecular weight excluding hydrogens is 280 g/mol. The highest BCUT2D eigenvalue weighted by Crippen LogP contribution is 2.17. The average Bonchev–Trinajstić information content (AvgIpc) is 2.42. The topological polar surface area (TPSA) is 72.1 Å². The van der Waals surface area contributed by atoms with Crippen LogP contribution in [0.15, 0.2) is 29.2 Å². The molecule has 0 aliphatic carbocycles. The van der Waals surface area contributed by atoms with Gasteiger partial charge in [0.2, 0.25) is 5.43 Å². The molecule has 102 valence electrons. The lowest BCUT2D eigenvalue weighted by Gasteiger charge is -2.11. The Balaban J connectivity index is 2.65. The molecule has 1 heterocycles. The second-order valence-corrected chi connectivity index (χ2v) is 4.51. The number of fused-ring (bicyclic) bond motifs is 1. The Kier molecular flexibility index (Phi) is 4.06. The monoisotopic (exact) mass is 290 g/mol. The Morgan fingerprint density at radius 1 is 1.50 bits per heavy atom. The van der Waals surface area contributed by atoms with Gasteiger partial charge >= 0.3 is 5.97 Å². The molecule has 0 spiro atoms.